The van der Waals surface area contributed by atoms with Crippen LogP contribution >= 0.6 is 0 Å². The van der Waals surface area contributed by atoms with Crippen LogP contribution in [0.25, 0.3) is 0 Å². The molecule has 0 saturated carbocycles. The van der Waals surface area contributed by atoms with Crippen molar-refractivity contribution in [3.63, 3.8) is 0 Å². The molecule has 0 amide bonds. The fourth-order valence-electron chi connectivity index (χ4n) is 2.16. The molecular weight excluding hydrogens is 265 g/mol. The van der Waals surface area contributed by atoms with Crippen molar-refractivity contribution in [3.8, 4) is 0 Å². The Bertz CT molecular complexity index is 450. The van der Waals surface area contributed by atoms with Crippen molar-refractivity contribution >= 4 is 11.9 Å². The highest BCUT2D eigenvalue weighted by Gasteiger charge is 2.47. The van der Waals surface area contributed by atoms with Crippen molar-refractivity contribution in [2.75, 3.05) is 0 Å². The van der Waals surface area contributed by atoms with E-state index in [2.05, 4.69) is 0 Å². The van der Waals surface area contributed by atoms with Crippen LogP contribution in [-0.4, -0.2) is 28.3 Å². The molecule has 4 nitrogen and oxygen atoms in total. The van der Waals surface area contributed by atoms with Gasteiger partial charge in [-0.3, -0.25) is 4.79 Å². The van der Waals surface area contributed by atoms with Gasteiger partial charge in [0, 0.05) is 17.9 Å². The number of carboxylic acid groups (broad SMARTS) is 2. The van der Waals surface area contributed by atoms with Gasteiger partial charge in [0.05, 0.1) is 5.41 Å². The van der Waals surface area contributed by atoms with Crippen molar-refractivity contribution in [1.82, 2.24) is 0 Å². The van der Waals surface area contributed by atoms with E-state index in [1.165, 1.54) is 19.1 Å². The van der Waals surface area contributed by atoms with E-state index in [-0.39, 0.29) is 5.57 Å². The molecule has 0 radical (unpaired) electrons. The smallest absolute Gasteiger partial charge is 0.389 e. The Balaban J connectivity index is 3.08. The highest BCUT2D eigenvalue weighted by molar-refractivity contribution is 5.91. The molecule has 2 unspecified atom stereocenters. The average molecular weight is 278 g/mol. The second-order valence-electron chi connectivity index (χ2n) is 4.47. The molecule has 0 fully saturated rings. The number of hydrogen-bond acceptors (Lipinski definition) is 2. The first-order chi connectivity index (χ1) is 8.60. The van der Waals surface area contributed by atoms with Gasteiger partial charge in [0.2, 0.25) is 0 Å². The van der Waals surface area contributed by atoms with Gasteiger partial charge >= 0.3 is 18.1 Å². The minimum atomic E-state index is -4.49. The zero-order valence-electron chi connectivity index (χ0n) is 10.1. The molecule has 106 valence electrons. The van der Waals surface area contributed by atoms with Gasteiger partial charge in [-0.1, -0.05) is 25.2 Å². The molecule has 19 heavy (non-hydrogen) atoms. The van der Waals surface area contributed by atoms with Gasteiger partial charge in [0.15, 0.2) is 0 Å². The molecule has 0 aliphatic heterocycles. The van der Waals surface area contributed by atoms with E-state index >= 15 is 0 Å². The van der Waals surface area contributed by atoms with E-state index in [4.69, 9.17) is 5.11 Å². The zero-order chi connectivity index (χ0) is 14.8. The van der Waals surface area contributed by atoms with E-state index in [0.29, 0.717) is 0 Å². The monoisotopic (exact) mass is 278 g/mol. The summed E-state index contributed by atoms with van der Waals surface area (Å²) >= 11 is 0. The lowest BCUT2D eigenvalue weighted by Gasteiger charge is -2.35. The highest BCUT2D eigenvalue weighted by Crippen LogP contribution is 2.43. The van der Waals surface area contributed by atoms with Crippen molar-refractivity contribution < 1.29 is 33.0 Å². The van der Waals surface area contributed by atoms with E-state index in [1.54, 1.807) is 0 Å². The molecule has 2 atom stereocenters. The number of rotatable bonds is 4. The Kier molecular flexibility index (Phi) is 4.07. The van der Waals surface area contributed by atoms with E-state index in [9.17, 15) is 27.9 Å². The summed E-state index contributed by atoms with van der Waals surface area (Å²) in [5, 5.41) is 18.2. The number of carboxylic acids is 2. The Morgan fingerprint density at radius 1 is 1.37 bits per heavy atom. The van der Waals surface area contributed by atoms with Crippen molar-refractivity contribution in [1.29, 1.82) is 0 Å². The molecule has 0 saturated heterocycles. The Hall–Kier alpha value is -1.79. The second kappa shape index (κ2) is 5.07. The third-order valence-corrected chi connectivity index (χ3v) is 3.38. The normalized spacial score (nSPS) is 26.9. The Morgan fingerprint density at radius 3 is 2.37 bits per heavy atom. The summed E-state index contributed by atoms with van der Waals surface area (Å²) in [4.78, 5) is 22.3. The summed E-state index contributed by atoms with van der Waals surface area (Å²) in [5.74, 6) is -3.81. The quantitative estimate of drug-likeness (QED) is 0.829. The molecule has 0 bridgehead atoms. The maximum Gasteiger partial charge on any atom is 0.389 e. The minimum absolute atomic E-state index is 0.202. The predicted octanol–water partition coefficient (Wildman–Crippen LogP) is 2.62. The van der Waals surface area contributed by atoms with Crippen LogP contribution in [0.4, 0.5) is 13.2 Å². The van der Waals surface area contributed by atoms with Crippen LogP contribution in [0, 0.1) is 11.3 Å². The Morgan fingerprint density at radius 2 is 1.95 bits per heavy atom. The summed E-state index contributed by atoms with van der Waals surface area (Å²) in [6, 6.07) is 0. The molecule has 1 rings (SSSR count). The van der Waals surface area contributed by atoms with Crippen LogP contribution in [-0.2, 0) is 9.59 Å². The first-order valence-corrected chi connectivity index (χ1v) is 5.53. The molecule has 0 aromatic rings. The van der Waals surface area contributed by atoms with Crippen molar-refractivity contribution in [2.45, 2.75) is 25.9 Å². The van der Waals surface area contributed by atoms with Crippen molar-refractivity contribution in [2.24, 2.45) is 11.3 Å². The van der Waals surface area contributed by atoms with Gasteiger partial charge in [-0.05, 0) is 6.42 Å². The SMILES string of the molecule is CC1C(C(=O)O)=CC=CC1(CCC(F)(F)F)C(=O)O. The maximum absolute atomic E-state index is 12.3. The molecular formula is C12H13F3O4. The van der Waals surface area contributed by atoms with Crippen molar-refractivity contribution in [3.05, 3.63) is 23.8 Å². The summed E-state index contributed by atoms with van der Waals surface area (Å²) < 4.78 is 36.8. The van der Waals surface area contributed by atoms with Crippen LogP contribution < -0.4 is 0 Å². The van der Waals surface area contributed by atoms with E-state index in [1.807, 2.05) is 0 Å². The summed E-state index contributed by atoms with van der Waals surface area (Å²) in [6.45, 7) is 1.31. The lowest BCUT2D eigenvalue weighted by molar-refractivity contribution is -0.157. The third kappa shape index (κ3) is 3.15. The second-order valence-corrected chi connectivity index (χ2v) is 4.47. The number of carbonyl (C=O) groups is 2. The number of hydrogen-bond donors (Lipinski definition) is 2. The standard InChI is InChI=1S/C12H13F3O4/c1-7-8(9(16)17)3-2-4-11(7,10(18)19)5-6-12(13,14)15/h2-4,7H,5-6H2,1H3,(H,16,17)(H,18,19). The van der Waals surface area contributed by atoms with Gasteiger partial charge in [-0.15, -0.1) is 0 Å². The van der Waals surface area contributed by atoms with Crippen LogP contribution in [0.5, 0.6) is 0 Å². The first kappa shape index (κ1) is 15.3. The fourth-order valence-corrected chi connectivity index (χ4v) is 2.16. The van der Waals surface area contributed by atoms with Gasteiger partial charge in [0.1, 0.15) is 0 Å². The topological polar surface area (TPSA) is 74.6 Å². The number of allylic oxidation sites excluding steroid dienone is 2. The van der Waals surface area contributed by atoms with Gasteiger partial charge in [-0.2, -0.15) is 13.2 Å². The number of halogens is 3. The fraction of sp³-hybridized carbons (Fsp3) is 0.500. The summed E-state index contributed by atoms with van der Waals surface area (Å²) in [7, 11) is 0. The minimum Gasteiger partial charge on any atom is -0.481 e. The van der Waals surface area contributed by atoms with Gasteiger partial charge in [-0.25, -0.2) is 4.79 Å². The molecule has 7 heteroatoms. The molecule has 2 N–H and O–H groups in total. The maximum atomic E-state index is 12.3. The summed E-state index contributed by atoms with van der Waals surface area (Å²) in [6.07, 6.45) is -2.91. The van der Waals surface area contributed by atoms with E-state index in [0.717, 1.165) is 6.08 Å². The molecule has 1 aliphatic carbocycles. The Labute approximate surface area is 107 Å². The number of alkyl halides is 3. The first-order valence-electron chi connectivity index (χ1n) is 5.53. The van der Waals surface area contributed by atoms with E-state index < -0.39 is 42.3 Å². The van der Waals surface area contributed by atoms with Gasteiger partial charge in [0.25, 0.3) is 0 Å². The van der Waals surface area contributed by atoms with Crippen LogP contribution in [0.1, 0.15) is 19.8 Å². The third-order valence-electron chi connectivity index (χ3n) is 3.38. The molecule has 1 aliphatic rings. The van der Waals surface area contributed by atoms with Crippen LogP contribution in [0.3, 0.4) is 0 Å². The lowest BCUT2D eigenvalue weighted by Crippen LogP contribution is -2.40. The molecule has 0 heterocycles. The zero-order valence-corrected chi connectivity index (χ0v) is 10.1. The predicted molar refractivity (Wildman–Crippen MR) is 59.4 cm³/mol. The molecule has 0 aromatic carbocycles. The molecule has 0 aromatic heterocycles. The average Bonchev–Trinajstić information content (AvgIpc) is 2.26. The highest BCUT2D eigenvalue weighted by atomic mass is 19.4. The van der Waals surface area contributed by atoms with Crippen LogP contribution in [0.15, 0.2) is 23.8 Å². The summed E-state index contributed by atoms with van der Waals surface area (Å²) in [5.41, 5.74) is -2.04. The largest absolute Gasteiger partial charge is 0.481 e. The lowest BCUT2D eigenvalue weighted by atomic mass is 9.67. The van der Waals surface area contributed by atoms with Crippen LogP contribution in [0.2, 0.25) is 0 Å². The molecule has 0 spiro atoms. The van der Waals surface area contributed by atoms with Gasteiger partial charge < -0.3 is 10.2 Å². The number of aliphatic carboxylic acids is 2.